The average molecular weight is 405 g/mol. The van der Waals surface area contributed by atoms with Crippen LogP contribution < -0.4 is 0 Å². The highest BCUT2D eigenvalue weighted by Crippen LogP contribution is 2.45. The van der Waals surface area contributed by atoms with Gasteiger partial charge in [0, 0.05) is 31.7 Å². The van der Waals surface area contributed by atoms with Crippen LogP contribution in [0.2, 0.25) is 0 Å². The van der Waals surface area contributed by atoms with Gasteiger partial charge >= 0.3 is 0 Å². The highest BCUT2D eigenvalue weighted by atomic mass is 19.2. The van der Waals surface area contributed by atoms with Gasteiger partial charge in [-0.1, -0.05) is 0 Å². The van der Waals surface area contributed by atoms with Gasteiger partial charge in [-0.2, -0.15) is 0 Å². The fourth-order valence-corrected chi connectivity index (χ4v) is 5.47. The third-order valence-corrected chi connectivity index (χ3v) is 7.07. The van der Waals surface area contributed by atoms with Crippen molar-refractivity contribution >= 4 is 11.8 Å². The van der Waals surface area contributed by atoms with E-state index in [0.29, 0.717) is 13.1 Å². The predicted molar refractivity (Wildman–Crippen MR) is 105 cm³/mol. The molecule has 3 heterocycles. The number of hydrogen-bond donors (Lipinski definition) is 0. The standard InChI is InChI=1S/C22H29F2N3O2/c1-25-10-4-7-22(19(25)21(29)26-11-2-3-12-26)8-13-27(14-9-22)20(28)16-5-6-17(23)18(24)15-16/h5-6,15,19H,2-4,7-14H2,1H3. The van der Waals surface area contributed by atoms with Gasteiger partial charge in [0.1, 0.15) is 0 Å². The number of carbonyl (C=O) groups is 2. The van der Waals surface area contributed by atoms with Gasteiger partial charge in [0.05, 0.1) is 6.04 Å². The van der Waals surface area contributed by atoms with Crippen LogP contribution in [0.1, 0.15) is 48.9 Å². The third kappa shape index (κ3) is 3.77. The molecule has 1 aromatic rings. The first-order valence-electron chi connectivity index (χ1n) is 10.6. The zero-order valence-corrected chi connectivity index (χ0v) is 17.0. The minimum absolute atomic E-state index is 0.114. The number of carbonyl (C=O) groups excluding carboxylic acids is 2. The van der Waals surface area contributed by atoms with Gasteiger partial charge in [-0.15, -0.1) is 0 Å². The Bertz CT molecular complexity index is 786. The Kier molecular flexibility index (Phi) is 5.60. The lowest BCUT2D eigenvalue weighted by Gasteiger charge is -2.52. The van der Waals surface area contributed by atoms with Crippen LogP contribution >= 0.6 is 0 Å². The number of hydrogen-bond acceptors (Lipinski definition) is 3. The fraction of sp³-hybridized carbons (Fsp3) is 0.636. The normalized spacial score (nSPS) is 24.9. The molecule has 5 nitrogen and oxygen atoms in total. The number of amides is 2. The highest BCUT2D eigenvalue weighted by molar-refractivity contribution is 5.94. The molecule has 0 aliphatic carbocycles. The van der Waals surface area contributed by atoms with E-state index in [-0.39, 0.29) is 28.8 Å². The summed E-state index contributed by atoms with van der Waals surface area (Å²) in [4.78, 5) is 32.0. The Labute approximate surface area is 170 Å². The van der Waals surface area contributed by atoms with Gasteiger partial charge in [-0.3, -0.25) is 14.5 Å². The molecule has 0 aromatic heterocycles. The summed E-state index contributed by atoms with van der Waals surface area (Å²) in [6.07, 6.45) is 5.72. The van der Waals surface area contributed by atoms with Crippen molar-refractivity contribution in [3.8, 4) is 0 Å². The number of likely N-dealkylation sites (N-methyl/N-ethyl adjacent to an activating group) is 1. The topological polar surface area (TPSA) is 43.9 Å². The quantitative estimate of drug-likeness (QED) is 0.760. The van der Waals surface area contributed by atoms with E-state index in [1.165, 1.54) is 6.07 Å². The maximum Gasteiger partial charge on any atom is 0.253 e. The van der Waals surface area contributed by atoms with Crippen LogP contribution in [-0.2, 0) is 4.79 Å². The Morgan fingerprint density at radius 2 is 1.59 bits per heavy atom. The van der Waals surface area contributed by atoms with Crippen molar-refractivity contribution in [1.29, 1.82) is 0 Å². The first-order chi connectivity index (χ1) is 13.9. The molecule has 1 unspecified atom stereocenters. The van der Waals surface area contributed by atoms with Crippen LogP contribution in [0.15, 0.2) is 18.2 Å². The van der Waals surface area contributed by atoms with Crippen molar-refractivity contribution in [2.24, 2.45) is 5.41 Å². The summed E-state index contributed by atoms with van der Waals surface area (Å²) >= 11 is 0. The summed E-state index contributed by atoms with van der Waals surface area (Å²) < 4.78 is 26.7. The smallest absolute Gasteiger partial charge is 0.253 e. The Morgan fingerprint density at radius 3 is 2.24 bits per heavy atom. The number of piperidine rings is 2. The van der Waals surface area contributed by atoms with Gasteiger partial charge in [-0.05, 0) is 75.7 Å². The second-order valence-corrected chi connectivity index (χ2v) is 8.80. The third-order valence-electron chi connectivity index (χ3n) is 7.07. The van der Waals surface area contributed by atoms with Gasteiger partial charge in [0.2, 0.25) is 5.91 Å². The van der Waals surface area contributed by atoms with Gasteiger partial charge in [0.15, 0.2) is 11.6 Å². The van der Waals surface area contributed by atoms with E-state index < -0.39 is 11.6 Å². The summed E-state index contributed by atoms with van der Waals surface area (Å²) in [5.74, 6) is -1.99. The largest absolute Gasteiger partial charge is 0.341 e. The van der Waals surface area contributed by atoms with Crippen LogP contribution in [0.4, 0.5) is 8.78 Å². The second-order valence-electron chi connectivity index (χ2n) is 8.80. The zero-order valence-electron chi connectivity index (χ0n) is 17.0. The van der Waals surface area contributed by atoms with Crippen molar-refractivity contribution in [2.45, 2.75) is 44.6 Å². The number of nitrogens with zero attached hydrogens (tertiary/aromatic N) is 3. The molecule has 0 saturated carbocycles. The molecule has 4 rings (SSSR count). The Hall–Kier alpha value is -2.02. The van der Waals surface area contributed by atoms with Crippen LogP contribution in [0.3, 0.4) is 0 Å². The fourth-order valence-electron chi connectivity index (χ4n) is 5.47. The molecule has 158 valence electrons. The summed E-state index contributed by atoms with van der Waals surface area (Å²) in [7, 11) is 2.04. The van der Waals surface area contributed by atoms with Crippen molar-refractivity contribution < 1.29 is 18.4 Å². The maximum absolute atomic E-state index is 13.5. The molecule has 0 bridgehead atoms. The van der Waals surface area contributed by atoms with Gasteiger partial charge in [0.25, 0.3) is 5.91 Å². The molecule has 3 saturated heterocycles. The highest BCUT2D eigenvalue weighted by Gasteiger charge is 2.50. The van der Waals surface area contributed by atoms with E-state index in [4.69, 9.17) is 0 Å². The second kappa shape index (κ2) is 8.01. The molecule has 29 heavy (non-hydrogen) atoms. The monoisotopic (exact) mass is 405 g/mol. The van der Waals surface area contributed by atoms with Crippen molar-refractivity contribution in [3.63, 3.8) is 0 Å². The number of rotatable bonds is 2. The van der Waals surface area contributed by atoms with E-state index in [1.54, 1.807) is 4.90 Å². The molecule has 1 aromatic carbocycles. The van der Waals surface area contributed by atoms with E-state index in [1.807, 2.05) is 11.9 Å². The molecular formula is C22H29F2N3O2. The molecular weight excluding hydrogens is 376 g/mol. The molecule has 1 spiro atoms. The number of benzene rings is 1. The van der Waals surface area contributed by atoms with Gasteiger partial charge < -0.3 is 9.80 Å². The van der Waals surface area contributed by atoms with Gasteiger partial charge in [-0.25, -0.2) is 8.78 Å². The molecule has 0 radical (unpaired) electrons. The van der Waals surface area contributed by atoms with Crippen LogP contribution in [0.5, 0.6) is 0 Å². The van der Waals surface area contributed by atoms with Crippen LogP contribution in [-0.4, -0.2) is 72.3 Å². The molecule has 3 fully saturated rings. The summed E-state index contributed by atoms with van der Waals surface area (Å²) in [6, 6.07) is 3.17. The Balaban J connectivity index is 1.48. The first kappa shape index (κ1) is 20.3. The minimum atomic E-state index is -1.01. The maximum atomic E-state index is 13.5. The van der Waals surface area contributed by atoms with Crippen molar-refractivity contribution in [2.75, 3.05) is 39.8 Å². The van der Waals surface area contributed by atoms with E-state index in [9.17, 15) is 18.4 Å². The predicted octanol–water partition coefficient (Wildman–Crippen LogP) is 2.90. The molecule has 1 atom stereocenters. The minimum Gasteiger partial charge on any atom is -0.341 e. The lowest BCUT2D eigenvalue weighted by Crippen LogP contribution is -2.61. The summed E-state index contributed by atoms with van der Waals surface area (Å²) in [5, 5.41) is 0. The molecule has 7 heteroatoms. The SMILES string of the molecule is CN1CCCC2(CCN(C(=O)c3ccc(F)c(F)c3)CC2)C1C(=O)N1CCCC1. The lowest BCUT2D eigenvalue weighted by atomic mass is 9.66. The van der Waals surface area contributed by atoms with Crippen molar-refractivity contribution in [1.82, 2.24) is 14.7 Å². The number of likely N-dealkylation sites (tertiary alicyclic amines) is 3. The molecule has 3 aliphatic heterocycles. The lowest BCUT2D eigenvalue weighted by molar-refractivity contribution is -0.145. The van der Waals surface area contributed by atoms with E-state index in [0.717, 1.165) is 70.3 Å². The molecule has 0 N–H and O–H groups in total. The van der Waals surface area contributed by atoms with E-state index >= 15 is 0 Å². The molecule has 2 amide bonds. The van der Waals surface area contributed by atoms with Crippen molar-refractivity contribution in [3.05, 3.63) is 35.4 Å². The summed E-state index contributed by atoms with van der Waals surface area (Å²) in [6.45, 7) is 3.69. The zero-order chi connectivity index (χ0) is 20.6. The first-order valence-corrected chi connectivity index (χ1v) is 10.6. The average Bonchev–Trinajstić information content (AvgIpc) is 3.25. The van der Waals surface area contributed by atoms with E-state index in [2.05, 4.69) is 4.90 Å². The van der Waals surface area contributed by atoms with Crippen LogP contribution in [0, 0.1) is 17.0 Å². The summed E-state index contributed by atoms with van der Waals surface area (Å²) in [5.41, 5.74) is 0.0580. The number of halogens is 2. The molecule has 3 aliphatic rings. The Morgan fingerprint density at radius 1 is 0.897 bits per heavy atom. The van der Waals surface area contributed by atoms with Crippen LogP contribution in [0.25, 0.3) is 0 Å².